The van der Waals surface area contributed by atoms with Gasteiger partial charge in [0.05, 0.1) is 24.2 Å². The van der Waals surface area contributed by atoms with Crippen LogP contribution < -0.4 is 4.90 Å². The molecule has 0 aliphatic carbocycles. The first-order chi connectivity index (χ1) is 13.7. The lowest BCUT2D eigenvalue weighted by Crippen LogP contribution is -2.48. The molecule has 1 aliphatic rings. The van der Waals surface area contributed by atoms with Gasteiger partial charge in [0.25, 0.3) is 0 Å². The SMILES string of the molecule is CS(=O)(=O)N1CCN(c2cc3cnn(-c4cc(F)c(F)c(O)c4F)c3cn2)CC1. The molecule has 1 N–H and O–H groups in total. The van der Waals surface area contributed by atoms with Gasteiger partial charge in [-0.05, 0) is 6.07 Å². The molecule has 154 valence electrons. The average molecular weight is 427 g/mol. The number of fused-ring (bicyclic) bond motifs is 1. The van der Waals surface area contributed by atoms with E-state index < -0.39 is 38.9 Å². The summed E-state index contributed by atoms with van der Waals surface area (Å²) in [6, 6.07) is 2.29. The third-order valence-electron chi connectivity index (χ3n) is 4.81. The monoisotopic (exact) mass is 427 g/mol. The van der Waals surface area contributed by atoms with E-state index in [0.717, 1.165) is 10.9 Å². The van der Waals surface area contributed by atoms with Gasteiger partial charge >= 0.3 is 0 Å². The zero-order valence-electron chi connectivity index (χ0n) is 15.2. The topological polar surface area (TPSA) is 91.6 Å². The predicted molar refractivity (Wildman–Crippen MR) is 99.0 cm³/mol. The van der Waals surface area contributed by atoms with Crippen molar-refractivity contribution in [3.63, 3.8) is 0 Å². The molecule has 29 heavy (non-hydrogen) atoms. The number of hydrogen-bond donors (Lipinski definition) is 1. The summed E-state index contributed by atoms with van der Waals surface area (Å²) >= 11 is 0. The maximum absolute atomic E-state index is 14.2. The van der Waals surface area contributed by atoms with Crippen LogP contribution in [0.5, 0.6) is 5.75 Å². The van der Waals surface area contributed by atoms with E-state index in [1.165, 1.54) is 16.7 Å². The van der Waals surface area contributed by atoms with Crippen LogP contribution in [0.2, 0.25) is 0 Å². The van der Waals surface area contributed by atoms with E-state index in [1.54, 1.807) is 6.07 Å². The summed E-state index contributed by atoms with van der Waals surface area (Å²) in [5.74, 6) is -5.25. The van der Waals surface area contributed by atoms with Gasteiger partial charge in [0, 0.05) is 37.6 Å². The summed E-state index contributed by atoms with van der Waals surface area (Å²) in [7, 11) is -3.25. The van der Waals surface area contributed by atoms with Gasteiger partial charge < -0.3 is 10.0 Å². The van der Waals surface area contributed by atoms with Gasteiger partial charge in [-0.3, -0.25) is 0 Å². The van der Waals surface area contributed by atoms with Crippen molar-refractivity contribution in [2.45, 2.75) is 0 Å². The summed E-state index contributed by atoms with van der Waals surface area (Å²) in [4.78, 5) is 6.22. The number of halogens is 3. The van der Waals surface area contributed by atoms with Crippen LogP contribution in [-0.2, 0) is 10.0 Å². The molecule has 4 rings (SSSR count). The first kappa shape index (κ1) is 19.5. The van der Waals surface area contributed by atoms with Crippen molar-refractivity contribution in [1.82, 2.24) is 19.1 Å². The molecule has 3 aromatic rings. The van der Waals surface area contributed by atoms with Gasteiger partial charge in [0.2, 0.25) is 15.8 Å². The first-order valence-electron chi connectivity index (χ1n) is 8.57. The summed E-state index contributed by atoms with van der Waals surface area (Å²) in [5.41, 5.74) is -0.124. The van der Waals surface area contributed by atoms with Crippen molar-refractivity contribution in [3.05, 3.63) is 42.0 Å². The number of aromatic nitrogens is 3. The molecule has 0 saturated carbocycles. The van der Waals surface area contributed by atoms with E-state index >= 15 is 0 Å². The number of phenols is 1. The summed E-state index contributed by atoms with van der Waals surface area (Å²) < 4.78 is 66.8. The molecule has 1 fully saturated rings. The maximum atomic E-state index is 14.2. The Morgan fingerprint density at radius 1 is 1.03 bits per heavy atom. The van der Waals surface area contributed by atoms with Crippen LogP contribution in [0.4, 0.5) is 19.0 Å². The highest BCUT2D eigenvalue weighted by molar-refractivity contribution is 7.88. The summed E-state index contributed by atoms with van der Waals surface area (Å²) in [6.45, 7) is 1.56. The van der Waals surface area contributed by atoms with Crippen LogP contribution in [0.25, 0.3) is 16.6 Å². The molecule has 0 unspecified atom stereocenters. The Hall–Kier alpha value is -2.86. The average Bonchev–Trinajstić information content (AvgIpc) is 3.11. The number of aromatic hydroxyl groups is 1. The van der Waals surface area contributed by atoms with Gasteiger partial charge in [0.1, 0.15) is 11.5 Å². The van der Waals surface area contributed by atoms with Crippen molar-refractivity contribution in [2.75, 3.05) is 37.3 Å². The molecule has 12 heteroatoms. The van der Waals surface area contributed by atoms with Crippen LogP contribution >= 0.6 is 0 Å². The van der Waals surface area contributed by atoms with Crippen molar-refractivity contribution in [1.29, 1.82) is 0 Å². The molecule has 2 aromatic heterocycles. The molecule has 1 saturated heterocycles. The fourth-order valence-corrected chi connectivity index (χ4v) is 4.09. The number of phenolic OH excluding ortho intramolecular Hbond substituents is 1. The Bertz CT molecular complexity index is 1210. The minimum Gasteiger partial charge on any atom is -0.503 e. The van der Waals surface area contributed by atoms with Gasteiger partial charge in [-0.25, -0.2) is 26.9 Å². The predicted octanol–water partition coefficient (Wildman–Crippen LogP) is 1.62. The Kier molecular flexibility index (Phi) is 4.62. The van der Waals surface area contributed by atoms with Crippen LogP contribution in [0.1, 0.15) is 0 Å². The number of pyridine rings is 1. The van der Waals surface area contributed by atoms with Crippen LogP contribution in [0.3, 0.4) is 0 Å². The lowest BCUT2D eigenvalue weighted by molar-refractivity contribution is 0.375. The number of rotatable bonds is 3. The van der Waals surface area contributed by atoms with E-state index in [2.05, 4.69) is 10.1 Å². The fraction of sp³-hybridized carbons (Fsp3) is 0.294. The number of sulfonamides is 1. The lowest BCUT2D eigenvalue weighted by atomic mass is 10.2. The number of benzene rings is 1. The minimum atomic E-state index is -3.25. The smallest absolute Gasteiger partial charge is 0.211 e. The zero-order chi connectivity index (χ0) is 20.9. The normalized spacial score (nSPS) is 15.9. The minimum absolute atomic E-state index is 0.327. The molecule has 0 atom stereocenters. The van der Waals surface area contributed by atoms with E-state index in [0.29, 0.717) is 49.0 Å². The Labute approximate surface area is 163 Å². The van der Waals surface area contributed by atoms with Gasteiger partial charge in [-0.15, -0.1) is 0 Å². The Morgan fingerprint density at radius 3 is 2.38 bits per heavy atom. The third kappa shape index (κ3) is 3.38. The van der Waals surface area contributed by atoms with Crippen LogP contribution in [-0.4, -0.2) is 65.0 Å². The summed E-state index contributed by atoms with van der Waals surface area (Å²) in [5, 5.41) is 14.0. The molecule has 8 nitrogen and oxygen atoms in total. The van der Waals surface area contributed by atoms with E-state index in [-0.39, 0.29) is 0 Å². The molecule has 1 aromatic carbocycles. The van der Waals surface area contributed by atoms with Gasteiger partial charge in [-0.1, -0.05) is 0 Å². The molecule has 0 spiro atoms. The number of anilines is 1. The van der Waals surface area contributed by atoms with Crippen LogP contribution in [0.15, 0.2) is 24.5 Å². The lowest BCUT2D eigenvalue weighted by Gasteiger charge is -2.33. The highest BCUT2D eigenvalue weighted by atomic mass is 32.2. The van der Waals surface area contributed by atoms with Crippen molar-refractivity contribution in [2.24, 2.45) is 0 Å². The first-order valence-corrected chi connectivity index (χ1v) is 10.4. The van der Waals surface area contributed by atoms with Crippen LogP contribution in [0, 0.1) is 17.5 Å². The molecule has 0 amide bonds. The van der Waals surface area contributed by atoms with E-state index in [1.807, 2.05) is 4.90 Å². The van der Waals surface area contributed by atoms with Crippen molar-refractivity contribution in [3.8, 4) is 11.4 Å². The number of piperazine rings is 1. The van der Waals surface area contributed by atoms with Crippen molar-refractivity contribution < 1.29 is 26.7 Å². The summed E-state index contributed by atoms with van der Waals surface area (Å²) in [6.07, 6.45) is 3.97. The van der Waals surface area contributed by atoms with Gasteiger partial charge in [0.15, 0.2) is 17.4 Å². The van der Waals surface area contributed by atoms with E-state index in [9.17, 15) is 26.7 Å². The molecule has 0 radical (unpaired) electrons. The highest BCUT2D eigenvalue weighted by Crippen LogP contribution is 2.30. The fourth-order valence-electron chi connectivity index (χ4n) is 3.26. The third-order valence-corrected chi connectivity index (χ3v) is 6.12. The van der Waals surface area contributed by atoms with E-state index in [4.69, 9.17) is 0 Å². The highest BCUT2D eigenvalue weighted by Gasteiger charge is 2.25. The zero-order valence-corrected chi connectivity index (χ0v) is 16.0. The quantitative estimate of drug-likeness (QED) is 0.639. The van der Waals surface area contributed by atoms with Gasteiger partial charge in [-0.2, -0.15) is 13.8 Å². The number of hydrogen-bond acceptors (Lipinski definition) is 6. The molecule has 3 heterocycles. The molecular weight excluding hydrogens is 411 g/mol. The second-order valence-corrected chi connectivity index (χ2v) is 8.64. The van der Waals surface area contributed by atoms with Crippen molar-refractivity contribution >= 4 is 26.7 Å². The largest absolute Gasteiger partial charge is 0.503 e. The Morgan fingerprint density at radius 2 is 1.72 bits per heavy atom. The maximum Gasteiger partial charge on any atom is 0.211 e. The second kappa shape index (κ2) is 6.88. The number of nitrogens with zero attached hydrogens (tertiary/aromatic N) is 5. The molecule has 1 aliphatic heterocycles. The Balaban J connectivity index is 1.66. The molecule has 0 bridgehead atoms. The molecular formula is C17H16F3N5O3S. The standard InChI is InChI=1S/C17H16F3N5O3S/c1-29(27,28)24-4-2-23(3-5-24)14-6-10-8-22-25(13(10)9-21-14)12-7-11(18)15(19)17(26)16(12)20/h6-9,26H,2-5H2,1H3. The second-order valence-electron chi connectivity index (χ2n) is 6.66.